The first-order valence-electron chi connectivity index (χ1n) is 12.1. The number of rotatable bonds is 6. The monoisotopic (exact) mass is 536 g/mol. The lowest BCUT2D eigenvalue weighted by atomic mass is 9.81. The molecule has 0 saturated carbocycles. The first-order chi connectivity index (χ1) is 19.4. The Labute approximate surface area is 229 Å². The minimum Gasteiger partial charge on any atom is -0.497 e. The van der Waals surface area contributed by atoms with Gasteiger partial charge in [0.2, 0.25) is 0 Å². The van der Waals surface area contributed by atoms with E-state index < -0.39 is 17.9 Å². The van der Waals surface area contributed by atoms with Crippen LogP contribution in [0.4, 0.5) is 5.69 Å². The van der Waals surface area contributed by atoms with Crippen LogP contribution in [-0.4, -0.2) is 48.3 Å². The maximum atomic E-state index is 13.3. The van der Waals surface area contributed by atoms with Crippen LogP contribution < -0.4 is 15.4 Å². The lowest BCUT2D eigenvalue weighted by molar-refractivity contribution is -0.139. The van der Waals surface area contributed by atoms with Crippen molar-refractivity contribution in [2.24, 2.45) is 5.73 Å². The molecule has 0 amide bonds. The molecular weight excluding hydrogens is 512 g/mol. The van der Waals surface area contributed by atoms with Gasteiger partial charge in [-0.05, 0) is 48.0 Å². The third-order valence-corrected chi connectivity index (χ3v) is 6.54. The topological polar surface area (TPSA) is 146 Å². The highest BCUT2D eigenvalue weighted by atomic mass is 16.5. The van der Waals surface area contributed by atoms with Gasteiger partial charge in [-0.25, -0.2) is 9.59 Å². The molecule has 40 heavy (non-hydrogen) atoms. The van der Waals surface area contributed by atoms with Gasteiger partial charge in [-0.15, -0.1) is 10.2 Å². The molecule has 1 aliphatic heterocycles. The summed E-state index contributed by atoms with van der Waals surface area (Å²) >= 11 is 0. The first-order valence-corrected chi connectivity index (χ1v) is 12.1. The molecule has 11 nitrogen and oxygen atoms in total. The second kappa shape index (κ2) is 10.6. The number of nitriles is 1. The number of benzene rings is 3. The number of hydrogen-bond acceptors (Lipinski definition) is 10. The molecule has 0 radical (unpaired) electrons. The molecule has 1 atom stereocenters. The Hall–Kier alpha value is -5.63. The number of methoxy groups -OCH3 is 3. The number of allylic oxidation sites excluding steroid dienone is 1. The van der Waals surface area contributed by atoms with E-state index in [-0.39, 0.29) is 22.7 Å². The lowest BCUT2D eigenvalue weighted by Gasteiger charge is -2.35. The molecule has 11 heteroatoms. The number of nitrogens with two attached hydrogens (primary N) is 1. The second-order valence-corrected chi connectivity index (χ2v) is 8.70. The third kappa shape index (κ3) is 4.37. The van der Waals surface area contributed by atoms with Gasteiger partial charge in [0.15, 0.2) is 0 Å². The number of hydrogen-bond donors (Lipinski definition) is 1. The average molecular weight is 537 g/mol. The number of esters is 2. The molecular formula is C29H24N6O5. The van der Waals surface area contributed by atoms with E-state index in [1.165, 1.54) is 23.9 Å². The van der Waals surface area contributed by atoms with Crippen molar-refractivity contribution in [3.63, 3.8) is 0 Å². The SMILES string of the molecule is COC(=O)C1=C(C(=O)OC)N(c2ccc3nn(-c4ccc(OC)cc4)nc3c2)C(N)=C(C#N)C1c1ccccc1. The summed E-state index contributed by atoms with van der Waals surface area (Å²) in [6.45, 7) is 0. The summed E-state index contributed by atoms with van der Waals surface area (Å²) < 4.78 is 15.4. The zero-order valence-electron chi connectivity index (χ0n) is 21.9. The van der Waals surface area contributed by atoms with Crippen molar-refractivity contribution in [3.05, 3.63) is 101 Å². The maximum Gasteiger partial charge on any atom is 0.355 e. The lowest BCUT2D eigenvalue weighted by Crippen LogP contribution is -2.40. The molecule has 0 bridgehead atoms. The van der Waals surface area contributed by atoms with Gasteiger partial charge in [0.1, 0.15) is 28.3 Å². The van der Waals surface area contributed by atoms with Gasteiger partial charge in [-0.2, -0.15) is 10.1 Å². The molecule has 2 heterocycles. The molecule has 1 unspecified atom stereocenters. The Morgan fingerprint density at radius 2 is 1.52 bits per heavy atom. The van der Waals surface area contributed by atoms with E-state index in [0.717, 1.165) is 0 Å². The highest BCUT2D eigenvalue weighted by molar-refractivity contribution is 6.06. The van der Waals surface area contributed by atoms with E-state index in [0.29, 0.717) is 33.7 Å². The van der Waals surface area contributed by atoms with Crippen LogP contribution in [0.1, 0.15) is 11.5 Å². The molecule has 1 aliphatic rings. The number of ether oxygens (including phenoxy) is 3. The Kier molecular flexibility index (Phi) is 6.90. The van der Waals surface area contributed by atoms with Gasteiger partial charge in [-0.3, -0.25) is 4.90 Å². The van der Waals surface area contributed by atoms with E-state index in [4.69, 9.17) is 19.9 Å². The van der Waals surface area contributed by atoms with Crippen molar-refractivity contribution in [3.8, 4) is 17.5 Å². The van der Waals surface area contributed by atoms with Crippen LogP contribution in [0.25, 0.3) is 16.7 Å². The standard InChI is InChI=1S/C29H24N6O5/c1-38-20-12-9-18(10-13-20)35-32-22-14-11-19(15-23(22)33-35)34-26(29(37)40-3)25(28(36)39-2)24(21(16-30)27(34)31)17-7-5-4-6-8-17/h4-15,24H,31H2,1-3H3. The summed E-state index contributed by atoms with van der Waals surface area (Å²) in [5, 5.41) is 19.3. The van der Waals surface area contributed by atoms with E-state index in [1.54, 1.807) is 67.8 Å². The predicted molar refractivity (Wildman–Crippen MR) is 145 cm³/mol. The van der Waals surface area contributed by atoms with Crippen LogP contribution in [0.2, 0.25) is 0 Å². The van der Waals surface area contributed by atoms with Crippen molar-refractivity contribution < 1.29 is 23.8 Å². The number of anilines is 1. The fraction of sp³-hybridized carbons (Fsp3) is 0.138. The highest BCUT2D eigenvalue weighted by Gasteiger charge is 2.43. The number of carbonyl (C=O) groups excluding carboxylic acids is 2. The fourth-order valence-electron chi connectivity index (χ4n) is 4.65. The number of nitrogens with zero attached hydrogens (tertiary/aromatic N) is 5. The Balaban J connectivity index is 1.71. The van der Waals surface area contributed by atoms with E-state index in [2.05, 4.69) is 16.3 Å². The zero-order chi connectivity index (χ0) is 28.4. The molecule has 2 N–H and O–H groups in total. The van der Waals surface area contributed by atoms with Gasteiger partial charge in [0.05, 0.1) is 55.8 Å². The largest absolute Gasteiger partial charge is 0.497 e. The molecule has 200 valence electrons. The molecule has 3 aromatic carbocycles. The van der Waals surface area contributed by atoms with Crippen LogP contribution in [-0.2, 0) is 19.1 Å². The normalized spacial score (nSPS) is 15.2. The van der Waals surface area contributed by atoms with Gasteiger partial charge in [0, 0.05) is 0 Å². The summed E-state index contributed by atoms with van der Waals surface area (Å²) in [5.74, 6) is -1.93. The van der Waals surface area contributed by atoms with Crippen molar-refractivity contribution in [1.29, 1.82) is 5.26 Å². The van der Waals surface area contributed by atoms with E-state index >= 15 is 0 Å². The predicted octanol–water partition coefficient (Wildman–Crippen LogP) is 3.33. The average Bonchev–Trinajstić information content (AvgIpc) is 3.43. The molecule has 1 aromatic heterocycles. The summed E-state index contributed by atoms with van der Waals surface area (Å²) in [6, 6.07) is 23.2. The minimum absolute atomic E-state index is 0.0358. The molecule has 4 aromatic rings. The Bertz CT molecular complexity index is 1720. The summed E-state index contributed by atoms with van der Waals surface area (Å²) in [4.78, 5) is 29.3. The van der Waals surface area contributed by atoms with Crippen LogP contribution in [0, 0.1) is 11.3 Å². The molecule has 0 spiro atoms. The van der Waals surface area contributed by atoms with Gasteiger partial charge >= 0.3 is 11.9 Å². The van der Waals surface area contributed by atoms with Gasteiger partial charge < -0.3 is 19.9 Å². The third-order valence-electron chi connectivity index (χ3n) is 6.54. The number of carbonyl (C=O) groups is 2. The zero-order valence-corrected chi connectivity index (χ0v) is 21.9. The van der Waals surface area contributed by atoms with Gasteiger partial charge in [0.25, 0.3) is 0 Å². The molecule has 5 rings (SSSR count). The molecule has 0 fully saturated rings. The highest BCUT2D eigenvalue weighted by Crippen LogP contribution is 2.43. The second-order valence-electron chi connectivity index (χ2n) is 8.70. The van der Waals surface area contributed by atoms with E-state index in [1.807, 2.05) is 12.1 Å². The summed E-state index contributed by atoms with van der Waals surface area (Å²) in [5.41, 5.74) is 9.12. The van der Waals surface area contributed by atoms with Crippen molar-refractivity contribution >= 4 is 28.7 Å². The quantitative estimate of drug-likeness (QED) is 0.364. The molecule has 0 saturated heterocycles. The van der Waals surface area contributed by atoms with Crippen molar-refractivity contribution in [2.45, 2.75) is 5.92 Å². The Morgan fingerprint density at radius 3 is 2.15 bits per heavy atom. The van der Waals surface area contributed by atoms with Crippen molar-refractivity contribution in [2.75, 3.05) is 26.2 Å². The van der Waals surface area contributed by atoms with E-state index in [9.17, 15) is 14.9 Å². The maximum absolute atomic E-state index is 13.3. The first kappa shape index (κ1) is 26.0. The Morgan fingerprint density at radius 1 is 0.875 bits per heavy atom. The summed E-state index contributed by atoms with van der Waals surface area (Å²) in [6.07, 6.45) is 0. The molecule has 0 aliphatic carbocycles. The van der Waals surface area contributed by atoms with Crippen molar-refractivity contribution in [1.82, 2.24) is 15.0 Å². The summed E-state index contributed by atoms with van der Waals surface area (Å²) in [7, 11) is 3.98. The van der Waals surface area contributed by atoms with Gasteiger partial charge in [-0.1, -0.05) is 30.3 Å². The number of aromatic nitrogens is 3. The number of fused-ring (bicyclic) bond motifs is 1. The van der Waals surface area contributed by atoms with Crippen LogP contribution in [0.5, 0.6) is 5.75 Å². The van der Waals surface area contributed by atoms with Crippen LogP contribution in [0.15, 0.2) is 95.5 Å². The minimum atomic E-state index is -0.955. The van der Waals surface area contributed by atoms with Crippen LogP contribution >= 0.6 is 0 Å². The van der Waals surface area contributed by atoms with Crippen LogP contribution in [0.3, 0.4) is 0 Å². The fourth-order valence-corrected chi connectivity index (χ4v) is 4.65. The smallest absolute Gasteiger partial charge is 0.355 e.